The standard InChI is InChI=1S/C19H25N3O4/c1-14-7-5-8-15(13-14)26-12-6-9-16(23)21-22-17(24)19(20-18(22)25)10-3-2-4-11-19/h5,7-8,13H,2-4,6,9-12H2,1H3,(H,20,25)(H,21,23). The number of aryl methyl sites for hydroxylation is 1. The average Bonchev–Trinajstić information content (AvgIpc) is 2.84. The predicted molar refractivity (Wildman–Crippen MR) is 95.2 cm³/mol. The minimum Gasteiger partial charge on any atom is -0.494 e. The summed E-state index contributed by atoms with van der Waals surface area (Å²) in [5, 5.41) is 3.61. The lowest BCUT2D eigenvalue weighted by Crippen LogP contribution is -2.50. The number of nitrogens with one attached hydrogen (secondary N) is 2. The van der Waals surface area contributed by atoms with E-state index in [4.69, 9.17) is 4.74 Å². The molecule has 1 aliphatic carbocycles. The van der Waals surface area contributed by atoms with E-state index in [1.54, 1.807) is 0 Å². The Kier molecular flexibility index (Phi) is 5.44. The molecule has 1 aromatic rings. The fraction of sp³-hybridized carbons (Fsp3) is 0.526. The second-order valence-electron chi connectivity index (χ2n) is 7.02. The average molecular weight is 359 g/mol. The van der Waals surface area contributed by atoms with Gasteiger partial charge in [0, 0.05) is 6.42 Å². The molecule has 0 atom stereocenters. The van der Waals surface area contributed by atoms with E-state index in [2.05, 4.69) is 10.7 Å². The number of rotatable bonds is 6. The Morgan fingerprint density at radius 2 is 2.04 bits per heavy atom. The molecule has 0 aromatic heterocycles. The number of hydrogen-bond donors (Lipinski definition) is 2. The highest BCUT2D eigenvalue weighted by Gasteiger charge is 2.52. The summed E-state index contributed by atoms with van der Waals surface area (Å²) in [6.07, 6.45) is 4.82. The van der Waals surface area contributed by atoms with Crippen LogP contribution in [-0.4, -0.2) is 35.0 Å². The van der Waals surface area contributed by atoms with Crippen molar-refractivity contribution >= 4 is 17.8 Å². The van der Waals surface area contributed by atoms with Crippen LogP contribution in [0.25, 0.3) is 0 Å². The highest BCUT2D eigenvalue weighted by molar-refractivity contribution is 6.07. The van der Waals surface area contributed by atoms with Crippen molar-refractivity contribution in [3.63, 3.8) is 0 Å². The lowest BCUT2D eigenvalue weighted by atomic mass is 9.82. The maximum Gasteiger partial charge on any atom is 0.344 e. The van der Waals surface area contributed by atoms with E-state index in [-0.39, 0.29) is 18.2 Å². The zero-order chi connectivity index (χ0) is 18.6. The van der Waals surface area contributed by atoms with Gasteiger partial charge in [-0.05, 0) is 43.9 Å². The fourth-order valence-electron chi connectivity index (χ4n) is 3.52. The van der Waals surface area contributed by atoms with Crippen LogP contribution in [0.1, 0.15) is 50.5 Å². The number of carbonyl (C=O) groups excluding carboxylic acids is 3. The van der Waals surface area contributed by atoms with Crippen LogP contribution in [0.3, 0.4) is 0 Å². The van der Waals surface area contributed by atoms with E-state index in [0.717, 1.165) is 35.6 Å². The summed E-state index contributed by atoms with van der Waals surface area (Å²) < 4.78 is 5.60. The van der Waals surface area contributed by atoms with Gasteiger partial charge in [0.25, 0.3) is 5.91 Å². The molecule has 2 N–H and O–H groups in total. The molecule has 0 bridgehead atoms. The summed E-state index contributed by atoms with van der Waals surface area (Å²) >= 11 is 0. The summed E-state index contributed by atoms with van der Waals surface area (Å²) in [5.41, 5.74) is 2.72. The topological polar surface area (TPSA) is 87.7 Å². The third kappa shape index (κ3) is 3.98. The van der Waals surface area contributed by atoms with Crippen molar-refractivity contribution in [3.05, 3.63) is 29.8 Å². The minimum atomic E-state index is -0.823. The van der Waals surface area contributed by atoms with Gasteiger partial charge in [0.05, 0.1) is 6.61 Å². The van der Waals surface area contributed by atoms with E-state index in [9.17, 15) is 14.4 Å². The third-order valence-electron chi connectivity index (χ3n) is 4.91. The molecule has 0 radical (unpaired) electrons. The highest BCUT2D eigenvalue weighted by Crippen LogP contribution is 2.32. The van der Waals surface area contributed by atoms with Crippen LogP contribution in [0, 0.1) is 6.92 Å². The van der Waals surface area contributed by atoms with Crippen molar-refractivity contribution in [2.75, 3.05) is 6.61 Å². The van der Waals surface area contributed by atoms with Crippen LogP contribution in [0.4, 0.5) is 4.79 Å². The van der Waals surface area contributed by atoms with Gasteiger partial charge < -0.3 is 10.1 Å². The van der Waals surface area contributed by atoms with Gasteiger partial charge in [0.2, 0.25) is 5.91 Å². The lowest BCUT2D eigenvalue weighted by molar-refractivity contribution is -0.140. The van der Waals surface area contributed by atoms with Gasteiger partial charge in [-0.3, -0.25) is 15.0 Å². The Balaban J connectivity index is 1.44. The SMILES string of the molecule is Cc1cccc(OCCCC(=O)NN2C(=O)NC3(CCCCC3)C2=O)c1. The van der Waals surface area contributed by atoms with Crippen LogP contribution >= 0.6 is 0 Å². The maximum absolute atomic E-state index is 12.6. The van der Waals surface area contributed by atoms with Crippen molar-refractivity contribution in [3.8, 4) is 5.75 Å². The first-order valence-corrected chi connectivity index (χ1v) is 9.16. The van der Waals surface area contributed by atoms with E-state index < -0.39 is 11.6 Å². The van der Waals surface area contributed by atoms with Gasteiger partial charge in [-0.1, -0.05) is 31.4 Å². The first-order chi connectivity index (χ1) is 12.5. The van der Waals surface area contributed by atoms with Crippen molar-refractivity contribution in [2.24, 2.45) is 0 Å². The zero-order valence-electron chi connectivity index (χ0n) is 15.0. The smallest absolute Gasteiger partial charge is 0.344 e. The van der Waals surface area contributed by atoms with Gasteiger partial charge >= 0.3 is 6.03 Å². The maximum atomic E-state index is 12.6. The normalized spacial score (nSPS) is 18.7. The van der Waals surface area contributed by atoms with Crippen LogP contribution in [-0.2, 0) is 9.59 Å². The number of urea groups is 1. The van der Waals surface area contributed by atoms with Crippen molar-refractivity contribution in [1.29, 1.82) is 0 Å². The van der Waals surface area contributed by atoms with E-state index in [1.807, 2.05) is 31.2 Å². The first kappa shape index (κ1) is 18.2. The molecular formula is C19H25N3O4. The Labute approximate surface area is 153 Å². The Morgan fingerprint density at radius 3 is 2.77 bits per heavy atom. The molecule has 2 fully saturated rings. The van der Waals surface area contributed by atoms with Crippen LogP contribution in [0.2, 0.25) is 0 Å². The first-order valence-electron chi connectivity index (χ1n) is 9.16. The van der Waals surface area contributed by atoms with Crippen LogP contribution < -0.4 is 15.5 Å². The monoisotopic (exact) mass is 359 g/mol. The quantitative estimate of drug-likeness (QED) is 0.603. The summed E-state index contributed by atoms with van der Waals surface area (Å²) in [4.78, 5) is 36.8. The predicted octanol–water partition coefficient (Wildman–Crippen LogP) is 2.44. The van der Waals surface area contributed by atoms with Gasteiger partial charge in [-0.2, -0.15) is 5.01 Å². The summed E-state index contributed by atoms with van der Waals surface area (Å²) in [7, 11) is 0. The molecule has 0 unspecified atom stereocenters. The Bertz CT molecular complexity index is 698. The second-order valence-corrected chi connectivity index (χ2v) is 7.02. The molecule has 1 aromatic carbocycles. The minimum absolute atomic E-state index is 0.176. The second kappa shape index (κ2) is 7.76. The number of benzene rings is 1. The molecule has 3 rings (SSSR count). The van der Waals surface area contributed by atoms with E-state index in [0.29, 0.717) is 25.9 Å². The van der Waals surface area contributed by atoms with Gasteiger partial charge in [-0.25, -0.2) is 4.79 Å². The number of imide groups is 1. The molecule has 1 saturated heterocycles. The van der Waals surface area contributed by atoms with Crippen LogP contribution in [0.5, 0.6) is 5.75 Å². The van der Waals surface area contributed by atoms with Crippen molar-refractivity contribution in [1.82, 2.24) is 15.8 Å². The molecule has 2 aliphatic rings. The molecule has 7 heteroatoms. The summed E-state index contributed by atoms with van der Waals surface area (Å²) in [6.45, 7) is 2.37. The Hall–Kier alpha value is -2.57. The molecule has 1 aliphatic heterocycles. The number of nitrogens with zero attached hydrogens (tertiary/aromatic N) is 1. The molecule has 1 heterocycles. The van der Waals surface area contributed by atoms with E-state index >= 15 is 0 Å². The van der Waals surface area contributed by atoms with Gasteiger partial charge in [0.15, 0.2) is 0 Å². The number of hydrogen-bond acceptors (Lipinski definition) is 4. The van der Waals surface area contributed by atoms with Crippen LogP contribution in [0.15, 0.2) is 24.3 Å². The number of hydrazine groups is 1. The summed E-state index contributed by atoms with van der Waals surface area (Å²) in [5.74, 6) is 0.0551. The molecule has 26 heavy (non-hydrogen) atoms. The largest absolute Gasteiger partial charge is 0.494 e. The zero-order valence-corrected chi connectivity index (χ0v) is 15.0. The highest BCUT2D eigenvalue weighted by atomic mass is 16.5. The molecule has 140 valence electrons. The van der Waals surface area contributed by atoms with E-state index in [1.165, 1.54) is 0 Å². The lowest BCUT2D eigenvalue weighted by Gasteiger charge is -2.30. The molecule has 4 amide bonds. The van der Waals surface area contributed by atoms with Crippen molar-refractivity contribution in [2.45, 2.75) is 57.4 Å². The van der Waals surface area contributed by atoms with Gasteiger partial charge in [-0.15, -0.1) is 0 Å². The molecule has 1 saturated carbocycles. The van der Waals surface area contributed by atoms with Crippen molar-refractivity contribution < 1.29 is 19.1 Å². The number of amides is 4. The number of carbonyl (C=O) groups is 3. The van der Waals surface area contributed by atoms with Gasteiger partial charge in [0.1, 0.15) is 11.3 Å². The fourth-order valence-corrected chi connectivity index (χ4v) is 3.52. The summed E-state index contributed by atoms with van der Waals surface area (Å²) in [6, 6.07) is 7.15. The third-order valence-corrected chi connectivity index (χ3v) is 4.91. The number of ether oxygens (including phenoxy) is 1. The Morgan fingerprint density at radius 1 is 1.27 bits per heavy atom. The molecule has 1 spiro atoms. The molecule has 7 nitrogen and oxygen atoms in total. The molecular weight excluding hydrogens is 334 g/mol.